The monoisotopic (exact) mass is 233 g/mol. The Bertz CT molecular complexity index is 375. The Morgan fingerprint density at radius 1 is 1.29 bits per heavy atom. The van der Waals surface area contributed by atoms with Crippen molar-refractivity contribution in [1.29, 1.82) is 0 Å². The average molecular weight is 233 g/mol. The summed E-state index contributed by atoms with van der Waals surface area (Å²) in [5.74, 6) is 1.01. The lowest BCUT2D eigenvalue weighted by Crippen LogP contribution is -2.51. The van der Waals surface area contributed by atoms with Gasteiger partial charge in [0.1, 0.15) is 0 Å². The van der Waals surface area contributed by atoms with Gasteiger partial charge in [0.15, 0.2) is 0 Å². The highest BCUT2D eigenvalue weighted by Gasteiger charge is 2.33. The SMILES string of the molecule is O=C(CC1CCCC1)N1CC(n2cccn2)C1. The van der Waals surface area contributed by atoms with Gasteiger partial charge in [-0.2, -0.15) is 5.10 Å². The minimum atomic E-state index is 0.348. The summed E-state index contributed by atoms with van der Waals surface area (Å²) >= 11 is 0. The van der Waals surface area contributed by atoms with Crippen molar-refractivity contribution in [2.45, 2.75) is 38.1 Å². The number of carbonyl (C=O) groups excluding carboxylic acids is 1. The lowest BCUT2D eigenvalue weighted by Gasteiger charge is -2.39. The molecule has 0 spiro atoms. The second-order valence-corrected chi connectivity index (χ2v) is 5.29. The summed E-state index contributed by atoms with van der Waals surface area (Å²) in [5, 5.41) is 4.21. The molecule has 1 aromatic heterocycles. The van der Waals surface area contributed by atoms with Gasteiger partial charge in [-0.05, 0) is 24.8 Å². The molecule has 1 aromatic rings. The Kier molecular flexibility index (Phi) is 2.87. The zero-order chi connectivity index (χ0) is 11.7. The number of rotatable bonds is 3. The zero-order valence-corrected chi connectivity index (χ0v) is 10.1. The number of carbonyl (C=O) groups is 1. The first-order valence-electron chi connectivity index (χ1n) is 6.60. The van der Waals surface area contributed by atoms with Crippen LogP contribution in [0.4, 0.5) is 0 Å². The van der Waals surface area contributed by atoms with E-state index >= 15 is 0 Å². The van der Waals surface area contributed by atoms with Crippen LogP contribution in [0.15, 0.2) is 18.5 Å². The molecule has 2 fully saturated rings. The molecule has 0 aromatic carbocycles. The summed E-state index contributed by atoms with van der Waals surface area (Å²) in [5.41, 5.74) is 0. The molecule has 17 heavy (non-hydrogen) atoms. The minimum absolute atomic E-state index is 0.348. The first kappa shape index (κ1) is 10.8. The molecule has 1 aliphatic heterocycles. The average Bonchev–Trinajstić information content (AvgIpc) is 2.87. The highest BCUT2D eigenvalue weighted by molar-refractivity contribution is 5.77. The summed E-state index contributed by atoms with van der Waals surface area (Å²) in [6.07, 6.45) is 9.67. The number of aromatic nitrogens is 2. The lowest BCUT2D eigenvalue weighted by atomic mass is 10.0. The van der Waals surface area contributed by atoms with Gasteiger partial charge in [0.25, 0.3) is 0 Å². The molecule has 0 radical (unpaired) electrons. The van der Waals surface area contributed by atoms with Gasteiger partial charge in [-0.1, -0.05) is 12.8 Å². The van der Waals surface area contributed by atoms with E-state index in [1.54, 1.807) is 6.20 Å². The van der Waals surface area contributed by atoms with Crippen LogP contribution < -0.4 is 0 Å². The van der Waals surface area contributed by atoms with E-state index in [4.69, 9.17) is 0 Å². The van der Waals surface area contributed by atoms with E-state index in [1.165, 1.54) is 25.7 Å². The molecule has 1 aliphatic carbocycles. The third-order valence-corrected chi connectivity index (χ3v) is 4.05. The molecule has 0 unspecified atom stereocenters. The molecule has 0 N–H and O–H groups in total. The van der Waals surface area contributed by atoms with Crippen LogP contribution in [0.1, 0.15) is 38.1 Å². The van der Waals surface area contributed by atoms with Gasteiger partial charge >= 0.3 is 0 Å². The molecule has 1 saturated carbocycles. The highest BCUT2D eigenvalue weighted by atomic mass is 16.2. The molecule has 4 heteroatoms. The maximum absolute atomic E-state index is 12.0. The Labute approximate surface area is 102 Å². The first-order valence-corrected chi connectivity index (χ1v) is 6.60. The van der Waals surface area contributed by atoms with Crippen molar-refractivity contribution < 1.29 is 4.79 Å². The normalized spacial score (nSPS) is 21.8. The number of hydrogen-bond acceptors (Lipinski definition) is 2. The van der Waals surface area contributed by atoms with E-state index in [-0.39, 0.29) is 0 Å². The second kappa shape index (κ2) is 4.51. The van der Waals surface area contributed by atoms with Crippen molar-refractivity contribution in [3.63, 3.8) is 0 Å². The topological polar surface area (TPSA) is 38.1 Å². The molecule has 1 saturated heterocycles. The van der Waals surface area contributed by atoms with Crippen molar-refractivity contribution in [1.82, 2.24) is 14.7 Å². The van der Waals surface area contributed by atoms with Crippen LogP contribution in [0.25, 0.3) is 0 Å². The van der Waals surface area contributed by atoms with Gasteiger partial charge < -0.3 is 4.90 Å². The quantitative estimate of drug-likeness (QED) is 0.799. The van der Waals surface area contributed by atoms with Crippen molar-refractivity contribution in [3.8, 4) is 0 Å². The van der Waals surface area contributed by atoms with Gasteiger partial charge in [-0.25, -0.2) is 0 Å². The summed E-state index contributed by atoms with van der Waals surface area (Å²) < 4.78 is 1.96. The first-order chi connectivity index (χ1) is 8.33. The van der Waals surface area contributed by atoms with Crippen LogP contribution in [0.2, 0.25) is 0 Å². The molecule has 2 heterocycles. The van der Waals surface area contributed by atoms with E-state index < -0.39 is 0 Å². The van der Waals surface area contributed by atoms with E-state index in [0.717, 1.165) is 19.5 Å². The van der Waals surface area contributed by atoms with Crippen molar-refractivity contribution >= 4 is 5.91 Å². The minimum Gasteiger partial charge on any atom is -0.338 e. The fourth-order valence-corrected chi connectivity index (χ4v) is 2.91. The fourth-order valence-electron chi connectivity index (χ4n) is 2.91. The Morgan fingerprint density at radius 3 is 2.71 bits per heavy atom. The summed E-state index contributed by atoms with van der Waals surface area (Å²) in [6, 6.07) is 2.33. The number of likely N-dealkylation sites (tertiary alicyclic amines) is 1. The predicted octanol–water partition coefficient (Wildman–Crippen LogP) is 1.85. The smallest absolute Gasteiger partial charge is 0.222 e. The summed E-state index contributed by atoms with van der Waals surface area (Å²) in [7, 11) is 0. The van der Waals surface area contributed by atoms with E-state index in [0.29, 0.717) is 17.9 Å². The summed E-state index contributed by atoms with van der Waals surface area (Å²) in [6.45, 7) is 1.68. The van der Waals surface area contributed by atoms with Crippen LogP contribution in [-0.4, -0.2) is 33.7 Å². The molecule has 0 bridgehead atoms. The van der Waals surface area contributed by atoms with Crippen LogP contribution >= 0.6 is 0 Å². The van der Waals surface area contributed by atoms with Gasteiger partial charge in [0.05, 0.1) is 6.04 Å². The third kappa shape index (κ3) is 2.21. The van der Waals surface area contributed by atoms with Gasteiger partial charge in [-0.15, -0.1) is 0 Å². The highest BCUT2D eigenvalue weighted by Crippen LogP contribution is 2.29. The van der Waals surface area contributed by atoms with Crippen LogP contribution in [0.5, 0.6) is 0 Å². The molecule has 92 valence electrons. The van der Waals surface area contributed by atoms with E-state index in [1.807, 2.05) is 21.8 Å². The lowest BCUT2D eigenvalue weighted by molar-refractivity contribution is -0.138. The molecular formula is C13H19N3O. The Morgan fingerprint density at radius 2 is 2.06 bits per heavy atom. The van der Waals surface area contributed by atoms with E-state index in [9.17, 15) is 4.79 Å². The fraction of sp³-hybridized carbons (Fsp3) is 0.692. The number of hydrogen-bond donors (Lipinski definition) is 0. The standard InChI is InChI=1S/C13H19N3O/c17-13(8-11-4-1-2-5-11)15-9-12(10-15)16-7-3-6-14-16/h3,6-7,11-12H,1-2,4-5,8-10H2. The second-order valence-electron chi connectivity index (χ2n) is 5.29. The molecule has 1 amide bonds. The maximum Gasteiger partial charge on any atom is 0.222 e. The van der Waals surface area contributed by atoms with Crippen LogP contribution in [0.3, 0.4) is 0 Å². The maximum atomic E-state index is 12.0. The van der Waals surface area contributed by atoms with Crippen LogP contribution in [0, 0.1) is 5.92 Å². The van der Waals surface area contributed by atoms with Gasteiger partial charge in [0.2, 0.25) is 5.91 Å². The van der Waals surface area contributed by atoms with Crippen molar-refractivity contribution in [2.24, 2.45) is 5.92 Å². The Balaban J connectivity index is 1.46. The van der Waals surface area contributed by atoms with Crippen molar-refractivity contribution in [2.75, 3.05) is 13.1 Å². The molecule has 4 nitrogen and oxygen atoms in total. The number of amides is 1. The molecule has 3 rings (SSSR count). The van der Waals surface area contributed by atoms with Crippen molar-refractivity contribution in [3.05, 3.63) is 18.5 Å². The predicted molar refractivity (Wildman–Crippen MR) is 64.4 cm³/mol. The molecular weight excluding hydrogens is 214 g/mol. The molecule has 0 atom stereocenters. The van der Waals surface area contributed by atoms with Gasteiger partial charge in [-0.3, -0.25) is 9.48 Å². The largest absolute Gasteiger partial charge is 0.338 e. The van der Waals surface area contributed by atoms with Gasteiger partial charge in [0, 0.05) is 31.9 Å². The van der Waals surface area contributed by atoms with E-state index in [2.05, 4.69) is 5.10 Å². The summed E-state index contributed by atoms with van der Waals surface area (Å²) in [4.78, 5) is 14.0. The van der Waals surface area contributed by atoms with Crippen LogP contribution in [-0.2, 0) is 4.79 Å². The molecule has 2 aliphatic rings. The zero-order valence-electron chi connectivity index (χ0n) is 10.1. The Hall–Kier alpha value is -1.32. The third-order valence-electron chi connectivity index (χ3n) is 4.05. The number of nitrogens with zero attached hydrogens (tertiary/aromatic N) is 3.